The van der Waals surface area contributed by atoms with Gasteiger partial charge in [0.2, 0.25) is 3.79 Å². The molecule has 0 aliphatic carbocycles. The third kappa shape index (κ3) is 6.61. The molecular weight excluding hydrogens is 341 g/mol. The molecule has 1 amide bonds. The Bertz CT molecular complexity index is 407. The Morgan fingerprint density at radius 1 is 1.45 bits per heavy atom. The molecular formula is C12H18Cl3N3OS. The Labute approximate surface area is 138 Å². The number of halogens is 3. The van der Waals surface area contributed by atoms with E-state index in [4.69, 9.17) is 34.8 Å². The number of carbonyl (C=O) groups excluding carboxylic acids is 1. The Morgan fingerprint density at radius 3 is 2.65 bits per heavy atom. The van der Waals surface area contributed by atoms with E-state index in [1.807, 2.05) is 19.5 Å². The fourth-order valence-corrected chi connectivity index (χ4v) is 2.52. The molecule has 0 spiro atoms. The van der Waals surface area contributed by atoms with E-state index in [9.17, 15) is 4.79 Å². The van der Waals surface area contributed by atoms with Gasteiger partial charge in [-0.05, 0) is 45.1 Å². The first-order valence-corrected chi connectivity index (χ1v) is 8.11. The lowest BCUT2D eigenvalue weighted by molar-refractivity contribution is 0.0933. The average molecular weight is 359 g/mol. The van der Waals surface area contributed by atoms with Crippen molar-refractivity contribution in [1.82, 2.24) is 15.5 Å². The molecule has 1 heterocycles. The first kappa shape index (κ1) is 18.0. The maximum Gasteiger partial charge on any atom is 0.262 e. The van der Waals surface area contributed by atoms with Gasteiger partial charge < -0.3 is 10.2 Å². The van der Waals surface area contributed by atoms with Gasteiger partial charge in [0.1, 0.15) is 6.17 Å². The highest BCUT2D eigenvalue weighted by Gasteiger charge is 2.33. The molecule has 114 valence electrons. The fraction of sp³-hybridized carbons (Fsp3) is 0.583. The van der Waals surface area contributed by atoms with Crippen molar-refractivity contribution in [3.8, 4) is 0 Å². The minimum atomic E-state index is -1.61. The third-order valence-corrected chi connectivity index (χ3v) is 4.00. The van der Waals surface area contributed by atoms with Crippen LogP contribution in [0.1, 0.15) is 16.1 Å². The average Bonchev–Trinajstić information content (AvgIpc) is 2.84. The van der Waals surface area contributed by atoms with Crippen LogP contribution in [0.25, 0.3) is 0 Å². The number of hydrogen-bond acceptors (Lipinski definition) is 4. The molecule has 0 saturated carbocycles. The normalized spacial score (nSPS) is 13.5. The van der Waals surface area contributed by atoms with E-state index in [1.54, 1.807) is 12.1 Å². The molecule has 1 aromatic rings. The lowest BCUT2D eigenvalue weighted by atomic mass is 10.3. The number of alkyl halides is 3. The van der Waals surface area contributed by atoms with Crippen LogP contribution in [-0.4, -0.2) is 48.0 Å². The van der Waals surface area contributed by atoms with Crippen molar-refractivity contribution in [3.63, 3.8) is 0 Å². The maximum absolute atomic E-state index is 12.0. The Morgan fingerprint density at radius 2 is 2.15 bits per heavy atom. The number of carbonyl (C=O) groups is 1. The van der Waals surface area contributed by atoms with Crippen molar-refractivity contribution >= 4 is 52.0 Å². The summed E-state index contributed by atoms with van der Waals surface area (Å²) in [7, 11) is 3.98. The first-order chi connectivity index (χ1) is 9.30. The summed E-state index contributed by atoms with van der Waals surface area (Å²) in [5, 5.41) is 7.58. The summed E-state index contributed by atoms with van der Waals surface area (Å²) in [6.07, 6.45) is 0.156. The molecule has 0 radical (unpaired) electrons. The molecule has 1 aromatic heterocycles. The summed E-state index contributed by atoms with van der Waals surface area (Å²) < 4.78 is -1.61. The summed E-state index contributed by atoms with van der Waals surface area (Å²) in [4.78, 5) is 14.6. The van der Waals surface area contributed by atoms with Crippen LogP contribution >= 0.6 is 46.1 Å². The van der Waals surface area contributed by atoms with E-state index in [2.05, 4.69) is 15.5 Å². The van der Waals surface area contributed by atoms with E-state index < -0.39 is 9.96 Å². The number of rotatable bonds is 7. The quantitative estimate of drug-likeness (QED) is 0.447. The second-order valence-corrected chi connectivity index (χ2v) is 7.85. The van der Waals surface area contributed by atoms with Crippen molar-refractivity contribution in [2.75, 3.05) is 27.2 Å². The smallest absolute Gasteiger partial charge is 0.262 e. The van der Waals surface area contributed by atoms with Crippen molar-refractivity contribution < 1.29 is 4.79 Å². The molecule has 0 saturated heterocycles. The van der Waals surface area contributed by atoms with Crippen LogP contribution in [0.15, 0.2) is 17.5 Å². The highest BCUT2D eigenvalue weighted by Crippen LogP contribution is 2.29. The monoisotopic (exact) mass is 357 g/mol. The minimum absolute atomic E-state index is 0.253. The van der Waals surface area contributed by atoms with Crippen molar-refractivity contribution in [2.24, 2.45) is 0 Å². The number of amides is 1. The van der Waals surface area contributed by atoms with E-state index >= 15 is 0 Å². The molecule has 0 unspecified atom stereocenters. The van der Waals surface area contributed by atoms with Gasteiger partial charge in [0.15, 0.2) is 0 Å². The molecule has 20 heavy (non-hydrogen) atoms. The maximum atomic E-state index is 12.0. The molecule has 0 aliphatic rings. The largest absolute Gasteiger partial charge is 0.332 e. The SMILES string of the molecule is CN(C)CCCN[C@@H](NC(=O)c1cccs1)C(Cl)(Cl)Cl. The van der Waals surface area contributed by atoms with Crippen LogP contribution in [0.2, 0.25) is 0 Å². The summed E-state index contributed by atoms with van der Waals surface area (Å²) in [6, 6.07) is 3.52. The summed E-state index contributed by atoms with van der Waals surface area (Å²) in [6.45, 7) is 1.56. The fourth-order valence-electron chi connectivity index (χ4n) is 1.50. The first-order valence-electron chi connectivity index (χ1n) is 6.10. The Balaban J connectivity index is 2.50. The van der Waals surface area contributed by atoms with Crippen LogP contribution in [0.5, 0.6) is 0 Å². The van der Waals surface area contributed by atoms with Crippen LogP contribution in [0, 0.1) is 0 Å². The van der Waals surface area contributed by atoms with E-state index in [1.165, 1.54) is 11.3 Å². The van der Waals surface area contributed by atoms with Gasteiger partial charge in [0.05, 0.1) is 4.88 Å². The molecule has 1 atom stereocenters. The molecule has 1 rings (SSSR count). The van der Waals surface area contributed by atoms with Gasteiger partial charge >= 0.3 is 0 Å². The third-order valence-electron chi connectivity index (χ3n) is 2.48. The van der Waals surface area contributed by atoms with Gasteiger partial charge in [-0.25, -0.2) is 0 Å². The zero-order chi connectivity index (χ0) is 15.2. The predicted molar refractivity (Wildman–Crippen MR) is 87.0 cm³/mol. The van der Waals surface area contributed by atoms with Crippen molar-refractivity contribution in [1.29, 1.82) is 0 Å². The van der Waals surface area contributed by atoms with Crippen LogP contribution in [-0.2, 0) is 0 Å². The molecule has 0 fully saturated rings. The number of nitrogens with one attached hydrogen (secondary N) is 2. The van der Waals surface area contributed by atoms with Gasteiger partial charge in [-0.3, -0.25) is 10.1 Å². The molecule has 0 aromatic carbocycles. The Hall–Kier alpha value is -0.0400. The zero-order valence-corrected chi connectivity index (χ0v) is 14.4. The van der Waals surface area contributed by atoms with Crippen molar-refractivity contribution in [3.05, 3.63) is 22.4 Å². The van der Waals surface area contributed by atoms with E-state index in [0.29, 0.717) is 11.4 Å². The van der Waals surface area contributed by atoms with E-state index in [-0.39, 0.29) is 5.91 Å². The molecule has 8 heteroatoms. The molecule has 0 bridgehead atoms. The standard InChI is InChI=1S/C12H18Cl3N3OS/c1-18(2)7-4-6-16-11(12(13,14)15)17-10(19)9-5-3-8-20-9/h3,5,8,11,16H,4,6-7H2,1-2H3,(H,17,19)/t11-/m0/s1. The van der Waals surface area contributed by atoms with Crippen LogP contribution in [0.4, 0.5) is 0 Å². The summed E-state index contributed by atoms with van der Waals surface area (Å²) in [5.41, 5.74) is 0. The lowest BCUT2D eigenvalue weighted by Gasteiger charge is -2.26. The summed E-state index contributed by atoms with van der Waals surface area (Å²) >= 11 is 19.0. The highest BCUT2D eigenvalue weighted by molar-refractivity contribution is 7.12. The van der Waals surface area contributed by atoms with Crippen LogP contribution < -0.4 is 10.6 Å². The van der Waals surface area contributed by atoms with Crippen LogP contribution in [0.3, 0.4) is 0 Å². The zero-order valence-electron chi connectivity index (χ0n) is 11.3. The number of nitrogens with zero attached hydrogens (tertiary/aromatic N) is 1. The summed E-state index contributed by atoms with van der Waals surface area (Å²) in [5.74, 6) is -0.253. The number of hydrogen-bond donors (Lipinski definition) is 2. The molecule has 2 N–H and O–H groups in total. The topological polar surface area (TPSA) is 44.4 Å². The van der Waals surface area contributed by atoms with Gasteiger partial charge in [-0.1, -0.05) is 40.9 Å². The highest BCUT2D eigenvalue weighted by atomic mass is 35.6. The van der Waals surface area contributed by atoms with Gasteiger partial charge in [0, 0.05) is 0 Å². The second-order valence-electron chi connectivity index (χ2n) is 4.54. The van der Waals surface area contributed by atoms with Crippen molar-refractivity contribution in [2.45, 2.75) is 16.4 Å². The van der Waals surface area contributed by atoms with Gasteiger partial charge in [0.25, 0.3) is 5.91 Å². The predicted octanol–water partition coefficient (Wildman–Crippen LogP) is 2.72. The number of thiophene rings is 1. The van der Waals surface area contributed by atoms with Gasteiger partial charge in [-0.15, -0.1) is 11.3 Å². The Kier molecular flexibility index (Phi) is 7.58. The second kappa shape index (κ2) is 8.41. The molecule has 4 nitrogen and oxygen atoms in total. The van der Waals surface area contributed by atoms with Gasteiger partial charge in [-0.2, -0.15) is 0 Å². The van der Waals surface area contributed by atoms with E-state index in [0.717, 1.165) is 13.0 Å². The minimum Gasteiger partial charge on any atom is -0.332 e. The lowest BCUT2D eigenvalue weighted by Crippen LogP contribution is -2.53. The molecule has 0 aliphatic heterocycles.